The van der Waals surface area contributed by atoms with Gasteiger partial charge in [-0.05, 0) is 24.8 Å². The van der Waals surface area contributed by atoms with Crippen molar-refractivity contribution in [1.82, 2.24) is 5.01 Å². The highest BCUT2D eigenvalue weighted by atomic mass is 16.6. The first-order valence-electron chi connectivity index (χ1n) is 10.7. The molecule has 12 heteroatoms. The molecule has 4 unspecified atom stereocenters. The van der Waals surface area contributed by atoms with Crippen LogP contribution in [0.4, 0.5) is 10.7 Å². The minimum absolute atomic E-state index is 0.200. The molecule has 1 aliphatic heterocycles. The number of furan rings is 1. The van der Waals surface area contributed by atoms with Crippen LogP contribution in [0.3, 0.4) is 0 Å². The van der Waals surface area contributed by atoms with E-state index in [9.17, 15) is 34.7 Å². The van der Waals surface area contributed by atoms with Crippen molar-refractivity contribution in [3.8, 4) is 0 Å². The number of hydrogen-bond acceptors (Lipinski definition) is 10. The Morgan fingerprint density at radius 2 is 2.06 bits per heavy atom. The van der Waals surface area contributed by atoms with Crippen LogP contribution in [0.15, 0.2) is 46.0 Å². The molecule has 0 spiro atoms. The van der Waals surface area contributed by atoms with Gasteiger partial charge in [-0.1, -0.05) is 37.6 Å². The fourth-order valence-electron chi connectivity index (χ4n) is 3.19. The maximum absolute atomic E-state index is 11.6. The molecule has 184 valence electrons. The molecule has 4 atom stereocenters. The quantitative estimate of drug-likeness (QED) is 0.142. The van der Waals surface area contributed by atoms with E-state index in [1.807, 2.05) is 12.2 Å². The molecule has 1 amide bonds. The van der Waals surface area contributed by atoms with Crippen LogP contribution < -0.4 is 0 Å². The number of unbranched alkanes of at least 4 members (excludes halogenated alkanes) is 1. The lowest BCUT2D eigenvalue weighted by molar-refractivity contribution is -0.402. The van der Waals surface area contributed by atoms with Crippen molar-refractivity contribution in [2.75, 3.05) is 13.2 Å². The zero-order valence-electron chi connectivity index (χ0n) is 18.6. The van der Waals surface area contributed by atoms with E-state index in [0.717, 1.165) is 17.9 Å². The van der Waals surface area contributed by atoms with Crippen molar-refractivity contribution in [2.24, 2.45) is 16.9 Å². The number of allylic oxidation sites excluding steroid dienone is 4. The Kier molecular flexibility index (Phi) is 10.3. The molecule has 1 aliphatic carbocycles. The summed E-state index contributed by atoms with van der Waals surface area (Å²) in [5.41, 5.74) is 0. The summed E-state index contributed by atoms with van der Waals surface area (Å²) in [4.78, 5) is 43.1. The lowest BCUT2D eigenvalue weighted by Crippen LogP contribution is -2.47. The number of hydrogen-bond donors (Lipinski definition) is 2. The van der Waals surface area contributed by atoms with E-state index in [4.69, 9.17) is 4.42 Å². The SMILES string of the molecule is CCCC=CC=CC1CC(O)C(O)C(=O)C1C=O.O=C1OCCN1N=Cc1ccc([N+](=O)[O-])o1. The Bertz CT molecular complexity index is 953. The molecule has 2 heterocycles. The summed E-state index contributed by atoms with van der Waals surface area (Å²) in [5, 5.41) is 34.1. The monoisotopic (exact) mass is 477 g/mol. The maximum Gasteiger partial charge on any atom is 0.433 e. The number of amides is 1. The topological polar surface area (TPSA) is 173 Å². The average molecular weight is 477 g/mol. The summed E-state index contributed by atoms with van der Waals surface area (Å²) in [6.45, 7) is 2.72. The molecule has 2 fully saturated rings. The summed E-state index contributed by atoms with van der Waals surface area (Å²) in [6.07, 6.45) is 8.40. The van der Waals surface area contributed by atoms with Gasteiger partial charge in [0.05, 0.1) is 30.8 Å². The highest BCUT2D eigenvalue weighted by molar-refractivity contribution is 5.97. The number of aldehydes is 1. The number of aliphatic hydroxyl groups excluding tert-OH is 2. The summed E-state index contributed by atoms with van der Waals surface area (Å²) < 4.78 is 9.44. The van der Waals surface area contributed by atoms with Gasteiger partial charge in [0.25, 0.3) is 0 Å². The molecule has 34 heavy (non-hydrogen) atoms. The molecule has 2 N–H and O–H groups in total. The van der Waals surface area contributed by atoms with Crippen molar-refractivity contribution in [2.45, 2.75) is 38.4 Å². The van der Waals surface area contributed by atoms with Gasteiger partial charge in [-0.25, -0.2) is 4.79 Å². The third kappa shape index (κ3) is 7.46. The Morgan fingerprint density at radius 1 is 1.29 bits per heavy atom. The fraction of sp³-hybridized carbons (Fsp3) is 0.455. The van der Waals surface area contributed by atoms with E-state index < -0.39 is 34.9 Å². The Morgan fingerprint density at radius 3 is 2.65 bits per heavy atom. The van der Waals surface area contributed by atoms with E-state index in [0.29, 0.717) is 12.8 Å². The molecule has 1 saturated carbocycles. The number of rotatable bonds is 8. The summed E-state index contributed by atoms with van der Waals surface area (Å²) in [7, 11) is 0. The normalized spacial score (nSPS) is 25.1. The highest BCUT2D eigenvalue weighted by Gasteiger charge is 2.41. The lowest BCUT2D eigenvalue weighted by atomic mass is 9.76. The van der Waals surface area contributed by atoms with Crippen LogP contribution in [0, 0.1) is 22.0 Å². The number of carbonyl (C=O) groups excluding carboxylic acids is 3. The first-order chi connectivity index (χ1) is 16.3. The van der Waals surface area contributed by atoms with Crippen LogP contribution >= 0.6 is 0 Å². The van der Waals surface area contributed by atoms with Gasteiger partial charge in [-0.3, -0.25) is 14.9 Å². The van der Waals surface area contributed by atoms with Gasteiger partial charge in [0.15, 0.2) is 11.5 Å². The number of carbonyl (C=O) groups is 3. The number of Topliss-reactive ketones (excluding diaryl/α,β-unsaturated/α-hetero) is 1. The predicted molar refractivity (Wildman–Crippen MR) is 119 cm³/mol. The van der Waals surface area contributed by atoms with E-state index >= 15 is 0 Å². The van der Waals surface area contributed by atoms with E-state index in [1.54, 1.807) is 12.2 Å². The molecule has 1 aromatic heterocycles. The minimum Gasteiger partial charge on any atom is -0.446 e. The number of hydrazone groups is 1. The summed E-state index contributed by atoms with van der Waals surface area (Å²) in [5.74, 6) is -1.94. The largest absolute Gasteiger partial charge is 0.446 e. The van der Waals surface area contributed by atoms with Gasteiger partial charge in [0, 0.05) is 0 Å². The van der Waals surface area contributed by atoms with E-state index in [2.05, 4.69) is 16.8 Å². The number of nitrogens with zero attached hydrogens (tertiary/aromatic N) is 3. The minimum atomic E-state index is -1.43. The van der Waals surface area contributed by atoms with Gasteiger partial charge >= 0.3 is 12.0 Å². The van der Waals surface area contributed by atoms with E-state index in [1.165, 1.54) is 18.3 Å². The third-order valence-corrected chi connectivity index (χ3v) is 5.02. The Hall–Kier alpha value is -3.64. The molecule has 3 rings (SSSR count). The van der Waals surface area contributed by atoms with Gasteiger partial charge in [0.1, 0.15) is 23.9 Å². The first kappa shape index (κ1) is 26.6. The van der Waals surface area contributed by atoms with Crippen LogP contribution in [0.25, 0.3) is 0 Å². The third-order valence-electron chi connectivity index (χ3n) is 5.02. The maximum atomic E-state index is 11.6. The molecule has 0 radical (unpaired) electrons. The zero-order chi connectivity index (χ0) is 25.1. The fourth-order valence-corrected chi connectivity index (χ4v) is 3.19. The van der Waals surface area contributed by atoms with Crippen LogP contribution in [0.1, 0.15) is 31.9 Å². The molecule has 12 nitrogen and oxygen atoms in total. The van der Waals surface area contributed by atoms with Crippen molar-refractivity contribution in [3.05, 3.63) is 52.3 Å². The van der Waals surface area contributed by atoms with Gasteiger partial charge in [0.2, 0.25) is 0 Å². The number of cyclic esters (lactones) is 1. The van der Waals surface area contributed by atoms with Crippen LogP contribution in [0.2, 0.25) is 0 Å². The smallest absolute Gasteiger partial charge is 0.433 e. The van der Waals surface area contributed by atoms with Crippen LogP contribution in [-0.2, 0) is 14.3 Å². The van der Waals surface area contributed by atoms with Gasteiger partial charge in [-0.2, -0.15) is 10.1 Å². The molecule has 0 bridgehead atoms. The first-order valence-corrected chi connectivity index (χ1v) is 10.7. The number of aliphatic hydroxyl groups is 2. The van der Waals surface area contributed by atoms with Gasteiger partial charge < -0.3 is 24.2 Å². The molecule has 1 aromatic rings. The van der Waals surface area contributed by atoms with Crippen LogP contribution in [0.5, 0.6) is 0 Å². The van der Waals surface area contributed by atoms with Crippen LogP contribution in [-0.4, -0.2) is 69.9 Å². The second-order valence-corrected chi connectivity index (χ2v) is 7.49. The highest BCUT2D eigenvalue weighted by Crippen LogP contribution is 2.28. The second kappa shape index (κ2) is 13.2. The van der Waals surface area contributed by atoms with E-state index in [-0.39, 0.29) is 30.6 Å². The molecular weight excluding hydrogens is 450 g/mol. The van der Waals surface area contributed by atoms with Crippen molar-refractivity contribution in [3.63, 3.8) is 0 Å². The number of nitro groups is 1. The van der Waals surface area contributed by atoms with Crippen molar-refractivity contribution >= 4 is 30.3 Å². The predicted octanol–water partition coefficient (Wildman–Crippen LogP) is 2.00. The molecular formula is C22H27N3O9. The Labute approximate surface area is 195 Å². The molecule has 1 saturated heterocycles. The standard InChI is InChI=1S/C14H20O4.C8H7N3O5/c1-2-3-4-5-6-7-10-8-12(16)14(18)13(17)11(10)9-15;12-8-10(3-4-15-8)9-5-6-1-2-7(16-6)11(13)14/h4-7,9-12,14,16,18H,2-3,8H2,1H3;1-2,5H,3-4H2. The van der Waals surface area contributed by atoms with Crippen molar-refractivity contribution in [1.29, 1.82) is 0 Å². The Balaban J connectivity index is 0.000000241. The second-order valence-electron chi connectivity index (χ2n) is 7.49. The number of ether oxygens (including phenoxy) is 1. The van der Waals surface area contributed by atoms with Crippen molar-refractivity contribution < 1.29 is 38.7 Å². The molecule has 0 aromatic carbocycles. The van der Waals surface area contributed by atoms with Gasteiger partial charge in [-0.15, -0.1) is 0 Å². The zero-order valence-corrected chi connectivity index (χ0v) is 18.6. The number of ketones is 1. The molecule has 2 aliphatic rings. The summed E-state index contributed by atoms with van der Waals surface area (Å²) >= 11 is 0. The summed E-state index contributed by atoms with van der Waals surface area (Å²) in [6, 6.07) is 2.60. The average Bonchev–Trinajstić information content (AvgIpc) is 3.45. The lowest BCUT2D eigenvalue weighted by Gasteiger charge is -2.31.